The van der Waals surface area contributed by atoms with Crippen molar-refractivity contribution in [2.75, 3.05) is 13.7 Å². The molecule has 1 aromatic rings. The summed E-state index contributed by atoms with van der Waals surface area (Å²) in [5.41, 5.74) is 1.68. The van der Waals surface area contributed by atoms with Crippen molar-refractivity contribution in [3.8, 4) is 0 Å². The molecule has 3 nitrogen and oxygen atoms in total. The summed E-state index contributed by atoms with van der Waals surface area (Å²) in [4.78, 5) is 4.75. The number of nitrogens with zero attached hydrogens (tertiary/aromatic N) is 1. The van der Waals surface area contributed by atoms with E-state index in [1.807, 2.05) is 0 Å². The fraction of sp³-hybridized carbons (Fsp3) is 0.500. The zero-order valence-corrected chi connectivity index (χ0v) is 8.35. The summed E-state index contributed by atoms with van der Waals surface area (Å²) in [5, 5.41) is 9.41. The number of halogens is 1. The largest absolute Gasteiger partial charge is 0.385 e. The molecule has 1 aromatic heterocycles. The Balaban J connectivity index is 2.67. The molecule has 1 N–H and O–H groups in total. The molecule has 1 unspecified atom stereocenters. The first kappa shape index (κ1) is 9.12. The number of ether oxygens (including phenoxy) is 1. The lowest BCUT2D eigenvalue weighted by atomic mass is 10.3. The molecule has 1 atom stereocenters. The summed E-state index contributed by atoms with van der Waals surface area (Å²) in [6.07, 6.45) is -0.568. The summed E-state index contributed by atoms with van der Waals surface area (Å²) in [6.45, 7) is 0.306. The van der Waals surface area contributed by atoms with Crippen LogP contribution in [0.2, 0.25) is 0 Å². The Morgan fingerprint density at radius 2 is 2.64 bits per heavy atom. The second kappa shape index (κ2) is 4.15. The quantitative estimate of drug-likeness (QED) is 0.869. The summed E-state index contributed by atoms with van der Waals surface area (Å²) < 4.78 is 5.49. The van der Waals surface area contributed by atoms with E-state index >= 15 is 0 Å². The van der Waals surface area contributed by atoms with Gasteiger partial charge in [0.05, 0.1) is 17.0 Å². The molecule has 0 aliphatic rings. The fourth-order valence-corrected chi connectivity index (χ4v) is 2.12. The number of aliphatic hydroxyl groups excluding tert-OH is 1. The number of thiazole rings is 1. The second-order valence-corrected chi connectivity index (χ2v) is 3.62. The molecule has 5 heteroatoms. The van der Waals surface area contributed by atoms with Crippen molar-refractivity contribution in [2.45, 2.75) is 6.10 Å². The minimum absolute atomic E-state index is 0.306. The molecule has 62 valence electrons. The van der Waals surface area contributed by atoms with Crippen molar-refractivity contribution in [1.82, 2.24) is 4.98 Å². The Morgan fingerprint density at radius 1 is 1.91 bits per heavy atom. The Labute approximate surface area is 77.2 Å². The van der Waals surface area contributed by atoms with E-state index in [2.05, 4.69) is 20.9 Å². The van der Waals surface area contributed by atoms with E-state index in [0.717, 1.165) is 4.88 Å². The normalized spacial score (nSPS) is 13.4. The first-order valence-corrected chi connectivity index (χ1v) is 4.69. The Hall–Kier alpha value is 0.0300. The molecule has 0 spiro atoms. The van der Waals surface area contributed by atoms with Crippen molar-refractivity contribution in [1.29, 1.82) is 0 Å². The monoisotopic (exact) mass is 237 g/mol. The highest BCUT2D eigenvalue weighted by molar-refractivity contribution is 9.10. The van der Waals surface area contributed by atoms with Crippen LogP contribution in [0, 0.1) is 0 Å². The standard InChI is InChI=1S/C6H8BrNO2S/c1-10-2-4(9)5-6(7)8-3-11-5/h3-4,9H,2H2,1H3. The maximum Gasteiger partial charge on any atom is 0.122 e. The predicted molar refractivity (Wildman–Crippen MR) is 46.6 cm³/mol. The fourth-order valence-electron chi connectivity index (χ4n) is 0.691. The number of methoxy groups -OCH3 is 1. The molecule has 0 amide bonds. The van der Waals surface area contributed by atoms with Gasteiger partial charge in [0.15, 0.2) is 0 Å². The number of aliphatic hydroxyl groups is 1. The average molecular weight is 238 g/mol. The van der Waals surface area contributed by atoms with Gasteiger partial charge >= 0.3 is 0 Å². The molecular formula is C6H8BrNO2S. The van der Waals surface area contributed by atoms with Crippen LogP contribution < -0.4 is 0 Å². The van der Waals surface area contributed by atoms with Gasteiger partial charge in [0.1, 0.15) is 10.7 Å². The highest BCUT2D eigenvalue weighted by Gasteiger charge is 2.12. The average Bonchev–Trinajstić information content (AvgIpc) is 2.36. The second-order valence-electron chi connectivity index (χ2n) is 1.98. The van der Waals surface area contributed by atoms with E-state index in [1.165, 1.54) is 11.3 Å². The maximum atomic E-state index is 9.41. The van der Waals surface area contributed by atoms with Gasteiger partial charge in [-0.1, -0.05) is 0 Å². The van der Waals surface area contributed by atoms with Crippen LogP contribution in [0.1, 0.15) is 11.0 Å². The SMILES string of the molecule is COCC(O)c1scnc1Br. The Morgan fingerprint density at radius 3 is 3.09 bits per heavy atom. The van der Waals surface area contributed by atoms with Gasteiger partial charge in [0.2, 0.25) is 0 Å². The summed E-state index contributed by atoms with van der Waals surface area (Å²) in [7, 11) is 1.55. The van der Waals surface area contributed by atoms with Crippen LogP contribution in [0.4, 0.5) is 0 Å². The minimum atomic E-state index is -0.568. The molecule has 11 heavy (non-hydrogen) atoms. The van der Waals surface area contributed by atoms with E-state index in [4.69, 9.17) is 4.74 Å². The summed E-state index contributed by atoms with van der Waals surface area (Å²) in [6, 6.07) is 0. The molecule has 0 radical (unpaired) electrons. The Kier molecular flexibility index (Phi) is 3.45. The lowest BCUT2D eigenvalue weighted by Gasteiger charge is -2.05. The van der Waals surface area contributed by atoms with Crippen molar-refractivity contribution in [3.05, 3.63) is 15.0 Å². The van der Waals surface area contributed by atoms with Crippen LogP contribution in [0.3, 0.4) is 0 Å². The number of rotatable bonds is 3. The van der Waals surface area contributed by atoms with Gasteiger partial charge in [-0.2, -0.15) is 0 Å². The highest BCUT2D eigenvalue weighted by atomic mass is 79.9. The molecule has 1 rings (SSSR count). The van der Waals surface area contributed by atoms with Gasteiger partial charge in [0, 0.05) is 7.11 Å². The van der Waals surface area contributed by atoms with E-state index < -0.39 is 6.10 Å². The van der Waals surface area contributed by atoms with Crippen molar-refractivity contribution in [2.24, 2.45) is 0 Å². The van der Waals surface area contributed by atoms with E-state index in [0.29, 0.717) is 11.2 Å². The zero-order chi connectivity index (χ0) is 8.27. The van der Waals surface area contributed by atoms with E-state index in [9.17, 15) is 5.11 Å². The van der Waals surface area contributed by atoms with Crippen LogP contribution in [-0.4, -0.2) is 23.8 Å². The van der Waals surface area contributed by atoms with Crippen molar-refractivity contribution < 1.29 is 9.84 Å². The summed E-state index contributed by atoms with van der Waals surface area (Å²) in [5.74, 6) is 0. The lowest BCUT2D eigenvalue weighted by molar-refractivity contribution is 0.0661. The third kappa shape index (κ3) is 2.23. The molecule has 0 aliphatic heterocycles. The molecule has 0 saturated heterocycles. The first-order valence-electron chi connectivity index (χ1n) is 3.01. The molecule has 0 aliphatic carbocycles. The van der Waals surface area contributed by atoms with Crippen LogP contribution in [0.25, 0.3) is 0 Å². The van der Waals surface area contributed by atoms with Gasteiger partial charge < -0.3 is 9.84 Å². The van der Waals surface area contributed by atoms with Gasteiger partial charge in [-0.25, -0.2) is 4.98 Å². The third-order valence-electron chi connectivity index (χ3n) is 1.18. The van der Waals surface area contributed by atoms with Crippen LogP contribution >= 0.6 is 27.3 Å². The van der Waals surface area contributed by atoms with Gasteiger partial charge in [-0.05, 0) is 15.9 Å². The minimum Gasteiger partial charge on any atom is -0.385 e. The number of aromatic nitrogens is 1. The van der Waals surface area contributed by atoms with Gasteiger partial charge in [-0.15, -0.1) is 11.3 Å². The van der Waals surface area contributed by atoms with Crippen LogP contribution in [0.5, 0.6) is 0 Å². The number of hydrogen-bond acceptors (Lipinski definition) is 4. The maximum absolute atomic E-state index is 9.41. The molecule has 0 saturated carbocycles. The van der Waals surface area contributed by atoms with E-state index in [-0.39, 0.29) is 0 Å². The molecular weight excluding hydrogens is 230 g/mol. The number of hydrogen-bond donors (Lipinski definition) is 1. The van der Waals surface area contributed by atoms with Gasteiger partial charge in [-0.3, -0.25) is 0 Å². The topological polar surface area (TPSA) is 42.4 Å². The van der Waals surface area contributed by atoms with Crippen LogP contribution in [-0.2, 0) is 4.74 Å². The first-order chi connectivity index (χ1) is 5.25. The zero-order valence-electron chi connectivity index (χ0n) is 5.95. The third-order valence-corrected chi connectivity index (χ3v) is 3.00. The molecule has 1 heterocycles. The smallest absolute Gasteiger partial charge is 0.122 e. The molecule has 0 fully saturated rings. The molecule has 0 bridgehead atoms. The molecule has 0 aromatic carbocycles. The van der Waals surface area contributed by atoms with Crippen molar-refractivity contribution in [3.63, 3.8) is 0 Å². The highest BCUT2D eigenvalue weighted by Crippen LogP contribution is 2.26. The Bertz CT molecular complexity index is 228. The van der Waals surface area contributed by atoms with Crippen LogP contribution in [0.15, 0.2) is 10.1 Å². The summed E-state index contributed by atoms with van der Waals surface area (Å²) >= 11 is 4.63. The lowest BCUT2D eigenvalue weighted by Crippen LogP contribution is -2.03. The van der Waals surface area contributed by atoms with Crippen molar-refractivity contribution >= 4 is 27.3 Å². The van der Waals surface area contributed by atoms with E-state index in [1.54, 1.807) is 12.6 Å². The van der Waals surface area contributed by atoms with Gasteiger partial charge in [0.25, 0.3) is 0 Å². The predicted octanol–water partition coefficient (Wildman–Crippen LogP) is 1.59.